The van der Waals surface area contributed by atoms with E-state index in [0.717, 1.165) is 38.4 Å². The summed E-state index contributed by atoms with van der Waals surface area (Å²) in [6.07, 6.45) is 3.43. The quantitative estimate of drug-likeness (QED) is 0.629. The Hall–Kier alpha value is -0.0800. The van der Waals surface area contributed by atoms with Crippen LogP contribution in [0.2, 0.25) is 0 Å². The van der Waals surface area contributed by atoms with Gasteiger partial charge in [0.05, 0.1) is 0 Å². The molecule has 0 aromatic carbocycles. The second-order valence-electron chi connectivity index (χ2n) is 3.02. The van der Waals surface area contributed by atoms with Gasteiger partial charge in [0.1, 0.15) is 0 Å². The fourth-order valence-corrected chi connectivity index (χ4v) is 1.48. The third-order valence-electron chi connectivity index (χ3n) is 2.34. The Labute approximate surface area is 62.7 Å². The van der Waals surface area contributed by atoms with Crippen molar-refractivity contribution in [3.8, 4) is 0 Å². The highest BCUT2D eigenvalue weighted by Crippen LogP contribution is 2.18. The van der Waals surface area contributed by atoms with Crippen LogP contribution in [-0.4, -0.2) is 19.3 Å². The van der Waals surface area contributed by atoms with Crippen molar-refractivity contribution in [1.29, 1.82) is 0 Å². The van der Waals surface area contributed by atoms with Gasteiger partial charge in [-0.15, -0.1) is 0 Å². The summed E-state index contributed by atoms with van der Waals surface area (Å²) in [4.78, 5) is 0. The lowest BCUT2D eigenvalue weighted by molar-refractivity contribution is 0.0581. The molecule has 2 N–H and O–H groups in total. The summed E-state index contributed by atoms with van der Waals surface area (Å²) in [6.45, 7) is 3.98. The van der Waals surface area contributed by atoms with Crippen molar-refractivity contribution >= 4 is 0 Å². The van der Waals surface area contributed by atoms with Gasteiger partial charge in [-0.3, -0.25) is 0 Å². The van der Waals surface area contributed by atoms with E-state index in [1.807, 2.05) is 0 Å². The summed E-state index contributed by atoms with van der Waals surface area (Å²) in [7, 11) is 0. The number of hydrogen-bond donors (Lipinski definition) is 1. The highest BCUT2D eigenvalue weighted by molar-refractivity contribution is 4.73. The molecule has 1 fully saturated rings. The first-order chi connectivity index (χ1) is 4.84. The van der Waals surface area contributed by atoms with Crippen molar-refractivity contribution in [2.24, 2.45) is 11.7 Å². The average molecular weight is 143 g/mol. The lowest BCUT2D eigenvalue weighted by Gasteiger charge is -2.26. The largest absolute Gasteiger partial charge is 0.381 e. The number of hydrogen-bond acceptors (Lipinski definition) is 2. The molecule has 1 aliphatic rings. The predicted molar refractivity (Wildman–Crippen MR) is 41.8 cm³/mol. The first-order valence-electron chi connectivity index (χ1n) is 4.18. The van der Waals surface area contributed by atoms with E-state index in [4.69, 9.17) is 10.5 Å². The van der Waals surface area contributed by atoms with E-state index in [2.05, 4.69) is 6.92 Å². The van der Waals surface area contributed by atoms with Gasteiger partial charge in [0, 0.05) is 19.3 Å². The minimum atomic E-state index is 0.406. The van der Waals surface area contributed by atoms with Gasteiger partial charge in [-0.2, -0.15) is 0 Å². The molecule has 1 atom stereocenters. The molecule has 0 spiro atoms. The average Bonchev–Trinajstić information content (AvgIpc) is 2.05. The van der Waals surface area contributed by atoms with E-state index in [1.165, 1.54) is 0 Å². The maximum absolute atomic E-state index is 5.89. The van der Waals surface area contributed by atoms with Crippen LogP contribution in [0.25, 0.3) is 0 Å². The summed E-state index contributed by atoms with van der Waals surface area (Å²) in [5.74, 6) is 0.721. The van der Waals surface area contributed by atoms with Crippen LogP contribution in [0.15, 0.2) is 0 Å². The Morgan fingerprint density at radius 2 is 2.10 bits per heavy atom. The second kappa shape index (κ2) is 3.94. The van der Waals surface area contributed by atoms with E-state index < -0.39 is 0 Å². The molecule has 0 aliphatic carbocycles. The van der Waals surface area contributed by atoms with E-state index >= 15 is 0 Å². The Balaban J connectivity index is 2.24. The van der Waals surface area contributed by atoms with Crippen LogP contribution in [0.4, 0.5) is 0 Å². The maximum Gasteiger partial charge on any atom is 0.0469 e. The topological polar surface area (TPSA) is 35.2 Å². The molecule has 2 nitrogen and oxygen atoms in total. The lowest BCUT2D eigenvalue weighted by Crippen LogP contribution is -2.33. The molecule has 0 amide bonds. The van der Waals surface area contributed by atoms with E-state index in [1.54, 1.807) is 0 Å². The first-order valence-corrected chi connectivity index (χ1v) is 4.18. The van der Waals surface area contributed by atoms with Crippen molar-refractivity contribution < 1.29 is 4.74 Å². The number of ether oxygens (including phenoxy) is 1. The Kier molecular flexibility index (Phi) is 3.16. The molecule has 0 saturated carbocycles. The molecule has 0 aromatic heterocycles. The van der Waals surface area contributed by atoms with E-state index in [0.29, 0.717) is 6.04 Å². The SMILES string of the molecule is CC[C@@H](N)C1CCOCC1. The van der Waals surface area contributed by atoms with Crippen LogP contribution in [0.5, 0.6) is 0 Å². The summed E-state index contributed by atoms with van der Waals surface area (Å²) in [5, 5.41) is 0. The highest BCUT2D eigenvalue weighted by atomic mass is 16.5. The Morgan fingerprint density at radius 1 is 1.50 bits per heavy atom. The number of rotatable bonds is 2. The van der Waals surface area contributed by atoms with Crippen molar-refractivity contribution in [3.63, 3.8) is 0 Å². The minimum Gasteiger partial charge on any atom is -0.381 e. The number of nitrogens with two attached hydrogens (primary N) is 1. The van der Waals surface area contributed by atoms with Crippen molar-refractivity contribution in [1.82, 2.24) is 0 Å². The van der Waals surface area contributed by atoms with Crippen molar-refractivity contribution in [2.75, 3.05) is 13.2 Å². The van der Waals surface area contributed by atoms with Crippen LogP contribution in [0.1, 0.15) is 26.2 Å². The van der Waals surface area contributed by atoms with E-state index in [9.17, 15) is 0 Å². The summed E-state index contributed by atoms with van der Waals surface area (Å²) < 4.78 is 5.24. The molecule has 0 unspecified atom stereocenters. The monoisotopic (exact) mass is 143 g/mol. The van der Waals surface area contributed by atoms with Gasteiger partial charge in [-0.1, -0.05) is 6.92 Å². The van der Waals surface area contributed by atoms with E-state index in [-0.39, 0.29) is 0 Å². The molecule has 0 aromatic rings. The van der Waals surface area contributed by atoms with Crippen LogP contribution in [0, 0.1) is 5.92 Å². The van der Waals surface area contributed by atoms with Crippen LogP contribution in [0.3, 0.4) is 0 Å². The molecule has 10 heavy (non-hydrogen) atoms. The molecule has 2 heteroatoms. The van der Waals surface area contributed by atoms with Gasteiger partial charge in [-0.25, -0.2) is 0 Å². The third-order valence-corrected chi connectivity index (χ3v) is 2.34. The van der Waals surface area contributed by atoms with Crippen molar-refractivity contribution in [2.45, 2.75) is 32.2 Å². The lowest BCUT2D eigenvalue weighted by atomic mass is 9.91. The Bertz CT molecular complexity index is 89.3. The highest BCUT2D eigenvalue weighted by Gasteiger charge is 2.18. The molecular formula is C8H17NO. The normalized spacial score (nSPS) is 24.6. The zero-order valence-electron chi connectivity index (χ0n) is 6.68. The maximum atomic E-state index is 5.89. The second-order valence-corrected chi connectivity index (χ2v) is 3.02. The summed E-state index contributed by atoms with van der Waals surface area (Å²) >= 11 is 0. The standard InChI is InChI=1S/C8H17NO/c1-2-8(9)7-3-5-10-6-4-7/h7-8H,2-6,9H2,1H3/t8-/m1/s1. The van der Waals surface area contributed by atoms with Gasteiger partial charge in [0.25, 0.3) is 0 Å². The summed E-state index contributed by atoms with van der Waals surface area (Å²) in [5.41, 5.74) is 5.89. The molecule has 1 aliphatic heterocycles. The fourth-order valence-electron chi connectivity index (χ4n) is 1.48. The van der Waals surface area contributed by atoms with Crippen LogP contribution in [-0.2, 0) is 4.74 Å². The van der Waals surface area contributed by atoms with Gasteiger partial charge in [-0.05, 0) is 25.2 Å². The first kappa shape index (κ1) is 8.02. The molecule has 60 valence electrons. The van der Waals surface area contributed by atoms with Gasteiger partial charge < -0.3 is 10.5 Å². The fraction of sp³-hybridized carbons (Fsp3) is 1.00. The molecular weight excluding hydrogens is 126 g/mol. The smallest absolute Gasteiger partial charge is 0.0469 e. The molecule has 0 radical (unpaired) electrons. The predicted octanol–water partition coefficient (Wildman–Crippen LogP) is 1.15. The third kappa shape index (κ3) is 1.96. The molecule has 1 saturated heterocycles. The van der Waals surface area contributed by atoms with Crippen molar-refractivity contribution in [3.05, 3.63) is 0 Å². The zero-order valence-corrected chi connectivity index (χ0v) is 6.68. The van der Waals surface area contributed by atoms with Crippen LogP contribution >= 0.6 is 0 Å². The van der Waals surface area contributed by atoms with Gasteiger partial charge >= 0.3 is 0 Å². The summed E-state index contributed by atoms with van der Waals surface area (Å²) in [6, 6.07) is 0.406. The molecule has 1 rings (SSSR count). The van der Waals surface area contributed by atoms with Gasteiger partial charge in [0.2, 0.25) is 0 Å². The molecule has 1 heterocycles. The van der Waals surface area contributed by atoms with Gasteiger partial charge in [0.15, 0.2) is 0 Å². The minimum absolute atomic E-state index is 0.406. The zero-order chi connectivity index (χ0) is 7.40. The Morgan fingerprint density at radius 3 is 2.60 bits per heavy atom. The molecule has 0 bridgehead atoms. The van der Waals surface area contributed by atoms with Crippen LogP contribution < -0.4 is 5.73 Å².